The van der Waals surface area contributed by atoms with Crippen LogP contribution in [0.1, 0.15) is 48.2 Å². The van der Waals surface area contributed by atoms with Crippen LogP contribution in [-0.2, 0) is 30.5 Å². The van der Waals surface area contributed by atoms with Crippen LogP contribution in [0.5, 0.6) is 0 Å². The normalized spacial score (nSPS) is 15.0. The topological polar surface area (TPSA) is 80.9 Å². The zero-order valence-electron chi connectivity index (χ0n) is 19.2. The number of nitrogens with zero attached hydrogens (tertiary/aromatic N) is 2. The maximum atomic E-state index is 14.1. The zero-order valence-corrected chi connectivity index (χ0v) is 19.2. The monoisotopic (exact) mass is 502 g/mol. The number of nitrogen functional groups attached to an aromatic ring is 1. The second-order valence-electron chi connectivity index (χ2n) is 9.36. The molecular weight excluding hydrogens is 479 g/mol. The molecule has 0 aliphatic heterocycles. The Hall–Kier alpha value is -3.56. The summed E-state index contributed by atoms with van der Waals surface area (Å²) in [6.45, 7) is 0. The fourth-order valence-electron chi connectivity index (χ4n) is 5.07. The van der Waals surface area contributed by atoms with Crippen LogP contribution >= 0.6 is 0 Å². The lowest BCUT2D eigenvalue weighted by Gasteiger charge is -2.22. The summed E-state index contributed by atoms with van der Waals surface area (Å²) in [7, 11) is 0. The highest BCUT2D eigenvalue weighted by atomic mass is 19.2. The molecule has 2 aliphatic carbocycles. The molecule has 3 N–H and O–H groups in total. The van der Waals surface area contributed by atoms with Gasteiger partial charge in [0.15, 0.2) is 29.1 Å². The summed E-state index contributed by atoms with van der Waals surface area (Å²) in [6, 6.07) is 5.57. The van der Waals surface area contributed by atoms with Gasteiger partial charge >= 0.3 is 0 Å². The molecule has 36 heavy (non-hydrogen) atoms. The largest absolute Gasteiger partial charge is 0.399 e. The first-order chi connectivity index (χ1) is 17.2. The van der Waals surface area contributed by atoms with Gasteiger partial charge in [0.05, 0.1) is 23.5 Å². The Balaban J connectivity index is 1.49. The van der Waals surface area contributed by atoms with Crippen molar-refractivity contribution in [1.29, 1.82) is 0 Å². The number of nitrogens with two attached hydrogens (primary N) is 1. The van der Waals surface area contributed by atoms with Gasteiger partial charge in [-0.25, -0.2) is 31.9 Å². The number of nitrogens with one attached hydrogen (secondary N) is 1. The van der Waals surface area contributed by atoms with E-state index >= 15 is 0 Å². The lowest BCUT2D eigenvalue weighted by atomic mass is 9.91. The van der Waals surface area contributed by atoms with E-state index in [4.69, 9.17) is 10.7 Å². The summed E-state index contributed by atoms with van der Waals surface area (Å²) >= 11 is 0. The Kier molecular flexibility index (Phi) is 6.36. The molecule has 0 saturated heterocycles. The molecule has 0 unspecified atom stereocenters. The number of aryl methyl sites for hydroxylation is 2. The molecule has 5 nitrogen and oxygen atoms in total. The third-order valence-electron chi connectivity index (χ3n) is 6.91. The predicted octanol–water partition coefficient (Wildman–Crippen LogP) is 5.43. The van der Waals surface area contributed by atoms with Crippen molar-refractivity contribution in [3.63, 3.8) is 0 Å². The second kappa shape index (κ2) is 9.48. The summed E-state index contributed by atoms with van der Waals surface area (Å²) in [5, 5.41) is 2.52. The zero-order chi connectivity index (χ0) is 25.6. The molecular formula is C26H23F5N4O. The van der Waals surface area contributed by atoms with Gasteiger partial charge in [0.25, 0.3) is 0 Å². The first kappa shape index (κ1) is 24.1. The number of carbonyl (C=O) groups is 1. The fourth-order valence-corrected chi connectivity index (χ4v) is 5.07. The molecule has 1 saturated carbocycles. The van der Waals surface area contributed by atoms with E-state index in [1.165, 1.54) is 0 Å². The van der Waals surface area contributed by atoms with Gasteiger partial charge in [-0.1, -0.05) is 31.7 Å². The fraction of sp³-hybridized carbons (Fsp3) is 0.346. The van der Waals surface area contributed by atoms with Crippen LogP contribution in [0.2, 0.25) is 0 Å². The average Bonchev–Trinajstić information content (AvgIpc) is 3.37. The Morgan fingerprint density at radius 3 is 2.31 bits per heavy atom. The van der Waals surface area contributed by atoms with Crippen LogP contribution in [0.25, 0.3) is 11.3 Å². The Morgan fingerprint density at radius 2 is 1.61 bits per heavy atom. The summed E-state index contributed by atoms with van der Waals surface area (Å²) in [4.78, 5) is 22.2. The van der Waals surface area contributed by atoms with E-state index in [0.717, 1.165) is 36.8 Å². The van der Waals surface area contributed by atoms with Gasteiger partial charge in [0, 0.05) is 16.8 Å². The molecule has 0 bridgehead atoms. The van der Waals surface area contributed by atoms with Crippen molar-refractivity contribution in [2.75, 3.05) is 11.1 Å². The van der Waals surface area contributed by atoms with E-state index < -0.39 is 47.0 Å². The highest BCUT2D eigenvalue weighted by Crippen LogP contribution is 2.36. The van der Waals surface area contributed by atoms with E-state index in [2.05, 4.69) is 10.3 Å². The molecule has 5 rings (SSSR count). The number of carbonyl (C=O) groups excluding carboxylic acids is 1. The highest BCUT2D eigenvalue weighted by Gasteiger charge is 2.29. The molecule has 1 heterocycles. The van der Waals surface area contributed by atoms with E-state index in [1.54, 1.807) is 6.07 Å². The van der Waals surface area contributed by atoms with Crippen molar-refractivity contribution in [2.24, 2.45) is 5.92 Å². The molecule has 1 amide bonds. The summed E-state index contributed by atoms with van der Waals surface area (Å²) in [6.07, 6.45) is 4.90. The first-order valence-electron chi connectivity index (χ1n) is 11.8. The molecule has 0 radical (unpaired) electrons. The summed E-state index contributed by atoms with van der Waals surface area (Å²) in [5.74, 6) is -11.0. The SMILES string of the molecule is Nc1ccc2c(c1)CCc1nc(NC(=O)Cc3c(F)c(F)c(F)c(F)c3F)c(CC3CCCC3)nc1-2. The minimum atomic E-state index is -2.27. The molecule has 2 aliphatic rings. The minimum absolute atomic E-state index is 0.147. The van der Waals surface area contributed by atoms with E-state index in [-0.39, 0.29) is 5.82 Å². The predicted molar refractivity (Wildman–Crippen MR) is 124 cm³/mol. The number of amides is 1. The lowest BCUT2D eigenvalue weighted by Crippen LogP contribution is -2.22. The third-order valence-corrected chi connectivity index (χ3v) is 6.91. The molecule has 0 atom stereocenters. The molecule has 0 spiro atoms. The van der Waals surface area contributed by atoms with Crippen LogP contribution in [0, 0.1) is 35.0 Å². The lowest BCUT2D eigenvalue weighted by molar-refractivity contribution is -0.115. The first-order valence-corrected chi connectivity index (χ1v) is 11.8. The molecule has 188 valence electrons. The summed E-state index contributed by atoms with van der Waals surface area (Å²) < 4.78 is 68.7. The number of hydrogen-bond acceptors (Lipinski definition) is 4. The molecule has 1 fully saturated rings. The van der Waals surface area contributed by atoms with Gasteiger partial charge in [-0.2, -0.15) is 0 Å². The molecule has 1 aromatic heterocycles. The van der Waals surface area contributed by atoms with Gasteiger partial charge in [-0.3, -0.25) is 4.79 Å². The van der Waals surface area contributed by atoms with Crippen molar-refractivity contribution in [1.82, 2.24) is 9.97 Å². The third kappa shape index (κ3) is 4.40. The van der Waals surface area contributed by atoms with Crippen LogP contribution in [0.15, 0.2) is 18.2 Å². The van der Waals surface area contributed by atoms with Crippen molar-refractivity contribution in [2.45, 2.75) is 51.4 Å². The number of rotatable bonds is 5. The number of aromatic nitrogens is 2. The second-order valence-corrected chi connectivity index (χ2v) is 9.36. The number of fused-ring (bicyclic) bond motifs is 3. The van der Waals surface area contributed by atoms with Crippen molar-refractivity contribution >= 4 is 17.4 Å². The molecule has 3 aromatic rings. The number of anilines is 2. The average molecular weight is 502 g/mol. The van der Waals surface area contributed by atoms with E-state index in [9.17, 15) is 26.7 Å². The van der Waals surface area contributed by atoms with Crippen molar-refractivity contribution in [3.05, 3.63) is 69.8 Å². The van der Waals surface area contributed by atoms with Gasteiger partial charge in [0.1, 0.15) is 0 Å². The summed E-state index contributed by atoms with van der Waals surface area (Å²) in [5.41, 5.74) is 9.20. The number of halogens is 5. The Labute approximate surface area is 204 Å². The van der Waals surface area contributed by atoms with Crippen LogP contribution in [-0.4, -0.2) is 15.9 Å². The maximum absolute atomic E-state index is 14.1. The van der Waals surface area contributed by atoms with Crippen LogP contribution in [0.4, 0.5) is 33.5 Å². The number of benzene rings is 2. The van der Waals surface area contributed by atoms with E-state index in [0.29, 0.717) is 47.9 Å². The minimum Gasteiger partial charge on any atom is -0.399 e. The quantitative estimate of drug-likeness (QED) is 0.211. The highest BCUT2D eigenvalue weighted by molar-refractivity contribution is 5.92. The Bertz CT molecular complexity index is 1340. The number of hydrogen-bond donors (Lipinski definition) is 2. The molecule has 2 aromatic carbocycles. The van der Waals surface area contributed by atoms with Gasteiger partial charge < -0.3 is 11.1 Å². The van der Waals surface area contributed by atoms with Gasteiger partial charge in [0.2, 0.25) is 11.7 Å². The smallest absolute Gasteiger partial charge is 0.230 e. The maximum Gasteiger partial charge on any atom is 0.230 e. The standard InChI is InChI=1S/C26H23F5N4O/c27-20-16(21(28)23(30)24(31)22(20)29)11-19(36)35-26-18(9-12-3-1-2-4-12)33-25-15-7-6-14(32)10-13(15)5-8-17(25)34-26/h6-7,10,12H,1-5,8-9,11,32H2,(H,34,35,36). The van der Waals surface area contributed by atoms with Crippen molar-refractivity contribution in [3.8, 4) is 11.3 Å². The Morgan fingerprint density at radius 1 is 0.944 bits per heavy atom. The van der Waals surface area contributed by atoms with Gasteiger partial charge in [-0.15, -0.1) is 0 Å². The van der Waals surface area contributed by atoms with Crippen molar-refractivity contribution < 1.29 is 26.7 Å². The van der Waals surface area contributed by atoms with E-state index in [1.807, 2.05) is 12.1 Å². The van der Waals surface area contributed by atoms with Crippen LogP contribution in [0.3, 0.4) is 0 Å². The molecule has 10 heteroatoms. The van der Waals surface area contributed by atoms with Crippen LogP contribution < -0.4 is 11.1 Å². The van der Waals surface area contributed by atoms with Gasteiger partial charge in [-0.05, 0) is 42.9 Å².